The predicted octanol–water partition coefficient (Wildman–Crippen LogP) is 1.08. The molecule has 1 aromatic carbocycles. The first-order chi connectivity index (χ1) is 8.13. The van der Waals surface area contributed by atoms with E-state index in [0.29, 0.717) is 11.3 Å². The van der Waals surface area contributed by atoms with Gasteiger partial charge in [0.1, 0.15) is 5.75 Å². The number of nitrogens with one attached hydrogen (secondary N) is 2. The molecular formula is C11H10N2O4. The smallest absolute Gasteiger partial charge is 0.354 e. The summed E-state index contributed by atoms with van der Waals surface area (Å²) in [4.78, 5) is 22.5. The van der Waals surface area contributed by atoms with Crippen LogP contribution in [0.25, 0.3) is 11.1 Å². The average molecular weight is 234 g/mol. The number of benzene rings is 1. The SMILES string of the molecule is COc1cccc(-c2c(C(=O)O)[nH][nH]c2=O)c1. The molecule has 0 unspecified atom stereocenters. The first-order valence-electron chi connectivity index (χ1n) is 4.82. The number of aromatic carboxylic acids is 1. The molecule has 6 heteroatoms. The van der Waals surface area contributed by atoms with Crippen LogP contribution in [0.3, 0.4) is 0 Å². The van der Waals surface area contributed by atoms with E-state index in [1.165, 1.54) is 7.11 Å². The van der Waals surface area contributed by atoms with Gasteiger partial charge in [0.2, 0.25) is 0 Å². The molecule has 0 atom stereocenters. The van der Waals surface area contributed by atoms with Gasteiger partial charge in [0.25, 0.3) is 5.56 Å². The molecule has 1 heterocycles. The Morgan fingerprint density at radius 1 is 1.35 bits per heavy atom. The number of carbonyl (C=O) groups is 1. The predicted molar refractivity (Wildman–Crippen MR) is 60.4 cm³/mol. The van der Waals surface area contributed by atoms with Crippen molar-refractivity contribution in [2.45, 2.75) is 0 Å². The Bertz CT molecular complexity index is 612. The van der Waals surface area contributed by atoms with E-state index in [4.69, 9.17) is 9.84 Å². The molecule has 0 saturated carbocycles. The molecule has 0 fully saturated rings. The second-order valence-electron chi connectivity index (χ2n) is 3.37. The summed E-state index contributed by atoms with van der Waals surface area (Å²) in [6.07, 6.45) is 0. The van der Waals surface area contributed by atoms with Gasteiger partial charge < -0.3 is 9.84 Å². The highest BCUT2D eigenvalue weighted by atomic mass is 16.5. The van der Waals surface area contributed by atoms with Gasteiger partial charge in [-0.05, 0) is 17.7 Å². The van der Waals surface area contributed by atoms with Crippen molar-refractivity contribution in [3.05, 3.63) is 40.3 Å². The van der Waals surface area contributed by atoms with Gasteiger partial charge in [0.05, 0.1) is 12.7 Å². The highest BCUT2D eigenvalue weighted by molar-refractivity contribution is 5.93. The minimum atomic E-state index is -1.19. The zero-order valence-corrected chi connectivity index (χ0v) is 8.98. The maximum atomic E-state index is 11.6. The molecule has 0 aliphatic heterocycles. The summed E-state index contributed by atoms with van der Waals surface area (Å²) in [5.41, 5.74) is -0.0560. The van der Waals surface area contributed by atoms with E-state index >= 15 is 0 Å². The molecule has 2 aromatic rings. The fourth-order valence-corrected chi connectivity index (χ4v) is 1.57. The van der Waals surface area contributed by atoms with Crippen molar-refractivity contribution >= 4 is 5.97 Å². The molecule has 0 amide bonds. The molecule has 0 aliphatic carbocycles. The fraction of sp³-hybridized carbons (Fsp3) is 0.0909. The third kappa shape index (κ3) is 1.92. The zero-order chi connectivity index (χ0) is 12.4. The maximum absolute atomic E-state index is 11.6. The van der Waals surface area contributed by atoms with E-state index < -0.39 is 11.5 Å². The van der Waals surface area contributed by atoms with Crippen molar-refractivity contribution in [3.63, 3.8) is 0 Å². The Morgan fingerprint density at radius 2 is 2.12 bits per heavy atom. The van der Waals surface area contributed by atoms with Gasteiger partial charge in [0.15, 0.2) is 5.69 Å². The summed E-state index contributed by atoms with van der Waals surface area (Å²) in [5.74, 6) is -0.638. The number of hydrogen-bond donors (Lipinski definition) is 3. The van der Waals surface area contributed by atoms with Gasteiger partial charge in [-0.15, -0.1) is 0 Å². The summed E-state index contributed by atoms with van der Waals surface area (Å²) < 4.78 is 5.02. The zero-order valence-electron chi connectivity index (χ0n) is 8.98. The third-order valence-corrected chi connectivity index (χ3v) is 2.35. The van der Waals surface area contributed by atoms with E-state index in [1.807, 2.05) is 0 Å². The van der Waals surface area contributed by atoms with Crippen LogP contribution in [0.5, 0.6) is 5.75 Å². The molecule has 1 aromatic heterocycles. The van der Waals surface area contributed by atoms with E-state index in [-0.39, 0.29) is 11.3 Å². The fourth-order valence-electron chi connectivity index (χ4n) is 1.57. The van der Waals surface area contributed by atoms with Crippen LogP contribution < -0.4 is 10.3 Å². The summed E-state index contributed by atoms with van der Waals surface area (Å²) in [5, 5.41) is 13.5. The Morgan fingerprint density at radius 3 is 2.76 bits per heavy atom. The first-order valence-corrected chi connectivity index (χ1v) is 4.82. The van der Waals surface area contributed by atoms with Gasteiger partial charge >= 0.3 is 5.97 Å². The van der Waals surface area contributed by atoms with Crippen LogP contribution >= 0.6 is 0 Å². The van der Waals surface area contributed by atoms with Crippen LogP contribution in [0, 0.1) is 0 Å². The Kier molecular flexibility index (Phi) is 2.70. The van der Waals surface area contributed by atoms with Crippen molar-refractivity contribution in [2.75, 3.05) is 7.11 Å². The summed E-state index contributed by atoms with van der Waals surface area (Å²) >= 11 is 0. The third-order valence-electron chi connectivity index (χ3n) is 2.35. The van der Waals surface area contributed by atoms with Crippen LogP contribution in [0.4, 0.5) is 0 Å². The minimum Gasteiger partial charge on any atom is -0.497 e. The largest absolute Gasteiger partial charge is 0.497 e. The molecule has 0 aliphatic rings. The number of ether oxygens (including phenoxy) is 1. The Balaban J connectivity index is 2.63. The van der Waals surface area contributed by atoms with Crippen LogP contribution in [0.15, 0.2) is 29.1 Å². The number of carboxylic acids is 1. The lowest BCUT2D eigenvalue weighted by atomic mass is 10.1. The monoisotopic (exact) mass is 234 g/mol. The molecule has 0 radical (unpaired) electrons. The van der Waals surface area contributed by atoms with Crippen molar-refractivity contribution in [1.82, 2.24) is 10.2 Å². The number of methoxy groups -OCH3 is 1. The van der Waals surface area contributed by atoms with E-state index in [1.54, 1.807) is 24.3 Å². The molecule has 6 nitrogen and oxygen atoms in total. The van der Waals surface area contributed by atoms with E-state index in [9.17, 15) is 9.59 Å². The number of aromatic amines is 2. The molecule has 0 bridgehead atoms. The van der Waals surface area contributed by atoms with E-state index in [0.717, 1.165) is 0 Å². The van der Waals surface area contributed by atoms with Crippen molar-refractivity contribution < 1.29 is 14.6 Å². The van der Waals surface area contributed by atoms with Crippen LogP contribution in [-0.2, 0) is 0 Å². The van der Waals surface area contributed by atoms with E-state index in [2.05, 4.69) is 10.2 Å². The maximum Gasteiger partial charge on any atom is 0.354 e. The Labute approximate surface area is 95.8 Å². The molecule has 88 valence electrons. The van der Waals surface area contributed by atoms with Gasteiger partial charge in [-0.25, -0.2) is 4.79 Å². The molecule has 0 spiro atoms. The Hall–Kier alpha value is -2.50. The normalized spacial score (nSPS) is 10.2. The van der Waals surface area contributed by atoms with Crippen LogP contribution in [0.2, 0.25) is 0 Å². The van der Waals surface area contributed by atoms with Crippen LogP contribution in [0.1, 0.15) is 10.5 Å². The lowest BCUT2D eigenvalue weighted by Crippen LogP contribution is -2.05. The summed E-state index contributed by atoms with van der Waals surface area (Å²) in [6.45, 7) is 0. The number of aromatic nitrogens is 2. The molecular weight excluding hydrogens is 224 g/mol. The number of H-pyrrole nitrogens is 2. The summed E-state index contributed by atoms with van der Waals surface area (Å²) in [7, 11) is 1.50. The highest BCUT2D eigenvalue weighted by Gasteiger charge is 2.17. The van der Waals surface area contributed by atoms with Gasteiger partial charge in [-0.1, -0.05) is 12.1 Å². The average Bonchev–Trinajstić information content (AvgIpc) is 2.71. The first kappa shape index (κ1) is 11.0. The quantitative estimate of drug-likeness (QED) is 0.740. The molecule has 2 rings (SSSR count). The minimum absolute atomic E-state index is 0.0939. The van der Waals surface area contributed by atoms with Crippen LogP contribution in [-0.4, -0.2) is 28.4 Å². The number of rotatable bonds is 3. The molecule has 0 saturated heterocycles. The van der Waals surface area contributed by atoms with Crippen molar-refractivity contribution in [3.8, 4) is 16.9 Å². The topological polar surface area (TPSA) is 95.2 Å². The van der Waals surface area contributed by atoms with Gasteiger partial charge in [-0.3, -0.25) is 15.0 Å². The van der Waals surface area contributed by atoms with Crippen molar-refractivity contribution in [2.24, 2.45) is 0 Å². The molecule has 17 heavy (non-hydrogen) atoms. The highest BCUT2D eigenvalue weighted by Crippen LogP contribution is 2.23. The second kappa shape index (κ2) is 4.17. The van der Waals surface area contributed by atoms with Crippen molar-refractivity contribution in [1.29, 1.82) is 0 Å². The number of hydrogen-bond acceptors (Lipinski definition) is 3. The second-order valence-corrected chi connectivity index (χ2v) is 3.37. The lowest BCUT2D eigenvalue weighted by Gasteiger charge is -2.02. The standard InChI is InChI=1S/C11H10N2O4/c1-17-7-4-2-3-6(5-7)8-9(11(15)16)12-13-10(8)14/h2-5H,1H3,(H,15,16)(H2,12,13,14). The molecule has 3 N–H and O–H groups in total. The lowest BCUT2D eigenvalue weighted by molar-refractivity contribution is 0.0691. The van der Waals surface area contributed by atoms with Gasteiger partial charge in [0, 0.05) is 0 Å². The van der Waals surface area contributed by atoms with Gasteiger partial charge in [-0.2, -0.15) is 0 Å². The summed E-state index contributed by atoms with van der Waals surface area (Å²) in [6, 6.07) is 6.65. The number of carboxylic acid groups (broad SMARTS) is 1.